The molecule has 0 aromatic carbocycles. The molecule has 1 aromatic heterocycles. The summed E-state index contributed by atoms with van der Waals surface area (Å²) in [6, 6.07) is 0.985. The van der Waals surface area contributed by atoms with Gasteiger partial charge in [0.1, 0.15) is 4.90 Å². The van der Waals surface area contributed by atoms with Gasteiger partial charge in [-0.3, -0.25) is 0 Å². The maximum atomic E-state index is 10.7. The maximum absolute atomic E-state index is 10.7. The molecule has 0 spiro atoms. The summed E-state index contributed by atoms with van der Waals surface area (Å²) in [5.41, 5.74) is 0. The zero-order valence-corrected chi connectivity index (χ0v) is 6.54. The first kappa shape index (κ1) is 8.75. The zero-order chi connectivity index (χ0) is 9.35. The van der Waals surface area contributed by atoms with E-state index in [0.29, 0.717) is 0 Å². The second kappa shape index (κ2) is 2.61. The van der Waals surface area contributed by atoms with E-state index in [1.807, 2.05) is 0 Å². The van der Waals surface area contributed by atoms with E-state index in [9.17, 15) is 13.2 Å². The minimum absolute atomic E-state index is 0.519. The van der Waals surface area contributed by atoms with Crippen molar-refractivity contribution in [1.82, 2.24) is 0 Å². The minimum Gasteiger partial charge on any atom is -0.475 e. The number of hydrogen-bond acceptors (Lipinski definition) is 4. The predicted molar refractivity (Wildman–Crippen MR) is 37.0 cm³/mol. The van der Waals surface area contributed by atoms with Crippen molar-refractivity contribution in [3.05, 3.63) is 18.1 Å². The van der Waals surface area contributed by atoms with Crippen LogP contribution in [0.5, 0.6) is 0 Å². The van der Waals surface area contributed by atoms with Crippen LogP contribution in [0.2, 0.25) is 0 Å². The van der Waals surface area contributed by atoms with Crippen LogP contribution in [0.25, 0.3) is 0 Å². The molecule has 0 aliphatic carbocycles. The van der Waals surface area contributed by atoms with E-state index in [1.165, 1.54) is 0 Å². The van der Waals surface area contributed by atoms with Crippen LogP contribution >= 0.6 is 0 Å². The molecule has 0 aliphatic rings. The van der Waals surface area contributed by atoms with Crippen molar-refractivity contribution in [2.75, 3.05) is 0 Å². The van der Waals surface area contributed by atoms with Crippen molar-refractivity contribution in [1.29, 1.82) is 0 Å². The largest absolute Gasteiger partial charge is 0.475 e. The second-order valence-electron chi connectivity index (χ2n) is 1.96. The number of hydrogen-bond donors (Lipinski definition) is 2. The van der Waals surface area contributed by atoms with Gasteiger partial charge in [-0.05, 0) is 6.07 Å². The van der Waals surface area contributed by atoms with Crippen molar-refractivity contribution in [3.63, 3.8) is 0 Å². The highest BCUT2D eigenvalue weighted by molar-refractivity contribution is 7.89. The fraction of sp³-hybridized carbons (Fsp3) is 0. The van der Waals surface area contributed by atoms with Crippen molar-refractivity contribution < 1.29 is 22.7 Å². The number of primary sulfonamides is 1. The van der Waals surface area contributed by atoms with Crippen LogP contribution in [0.3, 0.4) is 0 Å². The third-order valence-electron chi connectivity index (χ3n) is 1.13. The van der Waals surface area contributed by atoms with Gasteiger partial charge >= 0.3 is 5.97 Å². The molecule has 1 aromatic rings. The van der Waals surface area contributed by atoms with Gasteiger partial charge in [0.25, 0.3) is 0 Å². The molecule has 7 heteroatoms. The van der Waals surface area contributed by atoms with Crippen LogP contribution in [0.4, 0.5) is 0 Å². The monoisotopic (exact) mass is 191 g/mol. The Bertz CT molecular complexity index is 403. The summed E-state index contributed by atoms with van der Waals surface area (Å²) in [6.07, 6.45) is 0.948. The van der Waals surface area contributed by atoms with Crippen LogP contribution in [-0.4, -0.2) is 19.5 Å². The summed E-state index contributed by atoms with van der Waals surface area (Å²) < 4.78 is 25.7. The van der Waals surface area contributed by atoms with Gasteiger partial charge in [-0.2, -0.15) is 0 Å². The fourth-order valence-electron chi connectivity index (χ4n) is 0.677. The minimum atomic E-state index is -4.01. The van der Waals surface area contributed by atoms with Crippen molar-refractivity contribution in [3.8, 4) is 0 Å². The lowest BCUT2D eigenvalue weighted by Gasteiger charge is -1.92. The van der Waals surface area contributed by atoms with Gasteiger partial charge in [-0.15, -0.1) is 0 Å². The topological polar surface area (TPSA) is 111 Å². The first-order valence-corrected chi connectivity index (χ1v) is 4.31. The highest BCUT2D eigenvalue weighted by Gasteiger charge is 2.21. The molecular weight excluding hydrogens is 186 g/mol. The van der Waals surface area contributed by atoms with E-state index >= 15 is 0 Å². The van der Waals surface area contributed by atoms with Gasteiger partial charge in [0.05, 0.1) is 6.26 Å². The number of rotatable bonds is 2. The summed E-state index contributed by atoms with van der Waals surface area (Å²) >= 11 is 0. The Labute approximate surface area is 67.6 Å². The molecule has 3 N–H and O–H groups in total. The van der Waals surface area contributed by atoms with Gasteiger partial charge < -0.3 is 9.52 Å². The lowest BCUT2D eigenvalue weighted by atomic mass is 10.5. The molecule has 0 saturated carbocycles. The molecular formula is C5H5NO5S. The molecule has 1 heterocycles. The number of sulfonamides is 1. The lowest BCUT2D eigenvalue weighted by molar-refractivity contribution is 0.0656. The van der Waals surface area contributed by atoms with Crippen molar-refractivity contribution in [2.45, 2.75) is 4.90 Å². The first-order chi connectivity index (χ1) is 5.43. The Morgan fingerprint density at radius 3 is 2.50 bits per heavy atom. The fourth-order valence-corrected chi connectivity index (χ4v) is 1.32. The van der Waals surface area contributed by atoms with Gasteiger partial charge in [0.2, 0.25) is 15.8 Å². The highest BCUT2D eigenvalue weighted by atomic mass is 32.2. The molecule has 66 valence electrons. The van der Waals surface area contributed by atoms with Crippen molar-refractivity contribution >= 4 is 16.0 Å². The average Bonchev–Trinajstić information content (AvgIpc) is 2.30. The van der Waals surface area contributed by atoms with E-state index < -0.39 is 26.6 Å². The third-order valence-corrected chi connectivity index (χ3v) is 2.06. The summed E-state index contributed by atoms with van der Waals surface area (Å²) in [5, 5.41) is 13.1. The zero-order valence-electron chi connectivity index (χ0n) is 5.72. The van der Waals surface area contributed by atoms with Gasteiger partial charge in [-0.25, -0.2) is 18.4 Å². The number of nitrogens with two attached hydrogens (primary N) is 1. The molecule has 0 unspecified atom stereocenters. The first-order valence-electron chi connectivity index (χ1n) is 2.76. The van der Waals surface area contributed by atoms with Gasteiger partial charge in [-0.1, -0.05) is 0 Å². The number of furan rings is 1. The Morgan fingerprint density at radius 1 is 1.58 bits per heavy atom. The molecule has 6 nitrogen and oxygen atoms in total. The smallest absolute Gasteiger partial charge is 0.373 e. The van der Waals surface area contributed by atoms with E-state index in [2.05, 4.69) is 9.56 Å². The van der Waals surface area contributed by atoms with Crippen molar-refractivity contribution in [2.24, 2.45) is 5.14 Å². The highest BCUT2D eigenvalue weighted by Crippen LogP contribution is 2.14. The van der Waals surface area contributed by atoms with E-state index in [4.69, 9.17) is 5.11 Å². The molecule has 0 radical (unpaired) electrons. The van der Waals surface area contributed by atoms with Crippen LogP contribution in [0.1, 0.15) is 10.6 Å². The standard InChI is InChI=1S/C5H5NO5S/c6-12(9,10)3-1-2-11-4(3)5(7)8/h1-2H,(H,7,8)(H2,6,9,10). The summed E-state index contributed by atoms with van der Waals surface area (Å²) in [4.78, 5) is 9.80. The predicted octanol–water partition coefficient (Wildman–Crippen LogP) is -0.375. The average molecular weight is 191 g/mol. The van der Waals surface area contributed by atoms with E-state index in [0.717, 1.165) is 12.3 Å². The van der Waals surface area contributed by atoms with E-state index in [-0.39, 0.29) is 0 Å². The molecule has 1 rings (SSSR count). The Hall–Kier alpha value is -1.34. The normalized spacial score (nSPS) is 11.4. The summed E-state index contributed by atoms with van der Waals surface area (Å²) in [5.74, 6) is -2.14. The van der Waals surface area contributed by atoms with Gasteiger partial charge in [0, 0.05) is 0 Å². The van der Waals surface area contributed by atoms with Crippen LogP contribution in [0, 0.1) is 0 Å². The number of carboxylic acids is 1. The van der Waals surface area contributed by atoms with Crippen LogP contribution < -0.4 is 5.14 Å². The second-order valence-corrected chi connectivity index (χ2v) is 3.49. The summed E-state index contributed by atoms with van der Waals surface area (Å²) in [7, 11) is -4.01. The number of carboxylic acid groups (broad SMARTS) is 1. The molecule has 0 fully saturated rings. The molecule has 12 heavy (non-hydrogen) atoms. The lowest BCUT2D eigenvalue weighted by Crippen LogP contribution is -2.14. The van der Waals surface area contributed by atoms with Gasteiger partial charge in [0.15, 0.2) is 0 Å². The number of aromatic carboxylic acids is 1. The molecule has 0 atom stereocenters. The Kier molecular flexibility index (Phi) is 1.90. The van der Waals surface area contributed by atoms with Crippen LogP contribution in [-0.2, 0) is 10.0 Å². The summed E-state index contributed by atoms with van der Waals surface area (Å²) in [6.45, 7) is 0. The number of carbonyl (C=O) groups is 1. The van der Waals surface area contributed by atoms with Crippen LogP contribution in [0.15, 0.2) is 21.6 Å². The SMILES string of the molecule is NS(=O)(=O)c1ccoc1C(=O)O. The molecule has 0 aliphatic heterocycles. The van der Waals surface area contributed by atoms with E-state index in [1.54, 1.807) is 0 Å². The quantitative estimate of drug-likeness (QED) is 0.662. The molecule has 0 bridgehead atoms. The molecule has 0 amide bonds. The molecule has 0 saturated heterocycles. The Morgan fingerprint density at radius 2 is 2.17 bits per heavy atom. The third kappa shape index (κ3) is 1.46. The Balaban J connectivity index is 3.36. The maximum Gasteiger partial charge on any atom is 0.373 e.